The van der Waals surface area contributed by atoms with Gasteiger partial charge in [0, 0.05) is 31.9 Å². The number of para-hydroxylation sites is 1. The number of carbonyl (C=O) groups excluding carboxylic acids is 1. The van der Waals surface area contributed by atoms with Gasteiger partial charge in [-0.25, -0.2) is 4.79 Å². The van der Waals surface area contributed by atoms with E-state index in [0.29, 0.717) is 26.3 Å². The van der Waals surface area contributed by atoms with Gasteiger partial charge in [0.2, 0.25) is 0 Å². The lowest BCUT2D eigenvalue weighted by Gasteiger charge is -2.34. The second-order valence-corrected chi connectivity index (χ2v) is 5.70. The molecule has 6 heteroatoms. The van der Waals surface area contributed by atoms with E-state index in [1.54, 1.807) is 4.90 Å². The number of hydrogen-bond donors (Lipinski definition) is 2. The highest BCUT2D eigenvalue weighted by atomic mass is 16.5. The third kappa shape index (κ3) is 4.59. The number of likely N-dealkylation sites (N-methyl/N-ethyl adjacent to an activating group) is 1. The Morgan fingerprint density at radius 2 is 2.26 bits per heavy atom. The van der Waals surface area contributed by atoms with Gasteiger partial charge in [-0.2, -0.15) is 0 Å². The number of aryl methyl sites for hydroxylation is 1. The SMILES string of the molecule is CCN(CCNC(=O)N1CCOC[C@@H]1CO)c1ccccc1C. The smallest absolute Gasteiger partial charge is 0.317 e. The molecule has 1 aliphatic rings. The molecule has 6 nitrogen and oxygen atoms in total. The van der Waals surface area contributed by atoms with Crippen LogP contribution in [0.1, 0.15) is 12.5 Å². The predicted molar refractivity (Wildman–Crippen MR) is 90.9 cm³/mol. The number of benzene rings is 1. The van der Waals surface area contributed by atoms with Crippen LogP contribution in [0.15, 0.2) is 24.3 Å². The van der Waals surface area contributed by atoms with Crippen molar-refractivity contribution in [3.8, 4) is 0 Å². The number of nitrogens with one attached hydrogen (secondary N) is 1. The van der Waals surface area contributed by atoms with E-state index in [9.17, 15) is 9.90 Å². The Labute approximate surface area is 138 Å². The Hall–Kier alpha value is -1.79. The molecular weight excluding hydrogens is 294 g/mol. The number of rotatable bonds is 6. The number of carbonyl (C=O) groups is 1. The van der Waals surface area contributed by atoms with Gasteiger partial charge < -0.3 is 25.0 Å². The molecule has 2 N–H and O–H groups in total. The molecule has 0 saturated carbocycles. The third-order valence-corrected chi connectivity index (χ3v) is 4.19. The van der Waals surface area contributed by atoms with E-state index in [1.807, 2.05) is 12.1 Å². The van der Waals surface area contributed by atoms with Crippen molar-refractivity contribution in [3.05, 3.63) is 29.8 Å². The number of anilines is 1. The van der Waals surface area contributed by atoms with E-state index < -0.39 is 0 Å². The fraction of sp³-hybridized carbons (Fsp3) is 0.588. The van der Waals surface area contributed by atoms with Gasteiger partial charge in [0.15, 0.2) is 0 Å². The highest BCUT2D eigenvalue weighted by Crippen LogP contribution is 2.18. The van der Waals surface area contributed by atoms with Crippen molar-refractivity contribution in [2.75, 3.05) is 50.9 Å². The van der Waals surface area contributed by atoms with E-state index in [0.717, 1.165) is 13.1 Å². The molecule has 2 rings (SSSR count). The summed E-state index contributed by atoms with van der Waals surface area (Å²) in [7, 11) is 0. The highest BCUT2D eigenvalue weighted by molar-refractivity contribution is 5.74. The second kappa shape index (κ2) is 8.74. The number of nitrogens with zero attached hydrogens (tertiary/aromatic N) is 2. The van der Waals surface area contributed by atoms with E-state index in [1.165, 1.54) is 11.3 Å². The average molecular weight is 321 g/mol. The molecule has 1 fully saturated rings. The minimum absolute atomic E-state index is 0.0717. The molecule has 0 spiro atoms. The summed E-state index contributed by atoms with van der Waals surface area (Å²) >= 11 is 0. The van der Waals surface area contributed by atoms with Crippen molar-refractivity contribution in [3.63, 3.8) is 0 Å². The molecule has 1 heterocycles. The van der Waals surface area contributed by atoms with E-state index in [-0.39, 0.29) is 18.7 Å². The van der Waals surface area contributed by atoms with Crippen LogP contribution in [0, 0.1) is 6.92 Å². The van der Waals surface area contributed by atoms with Gasteiger partial charge >= 0.3 is 6.03 Å². The third-order valence-electron chi connectivity index (χ3n) is 4.19. The molecule has 128 valence electrons. The molecule has 1 saturated heterocycles. The number of aliphatic hydroxyl groups excluding tert-OH is 1. The quantitative estimate of drug-likeness (QED) is 0.827. The van der Waals surface area contributed by atoms with E-state index in [2.05, 4.69) is 36.2 Å². The zero-order valence-electron chi connectivity index (χ0n) is 14.0. The van der Waals surface area contributed by atoms with Crippen LogP contribution >= 0.6 is 0 Å². The van der Waals surface area contributed by atoms with Crippen LogP contribution in [-0.2, 0) is 4.74 Å². The van der Waals surface area contributed by atoms with Crippen molar-refractivity contribution < 1.29 is 14.6 Å². The summed E-state index contributed by atoms with van der Waals surface area (Å²) in [6.07, 6.45) is 0. The Morgan fingerprint density at radius 3 is 2.96 bits per heavy atom. The zero-order valence-corrected chi connectivity index (χ0v) is 14.0. The lowest BCUT2D eigenvalue weighted by Crippen LogP contribution is -2.54. The Balaban J connectivity index is 1.85. The summed E-state index contributed by atoms with van der Waals surface area (Å²) in [5.41, 5.74) is 2.43. The molecule has 23 heavy (non-hydrogen) atoms. The number of aliphatic hydroxyl groups is 1. The van der Waals surface area contributed by atoms with Gasteiger partial charge in [0.25, 0.3) is 0 Å². The lowest BCUT2D eigenvalue weighted by atomic mass is 10.2. The van der Waals surface area contributed by atoms with Gasteiger partial charge in [-0.1, -0.05) is 18.2 Å². The summed E-state index contributed by atoms with van der Waals surface area (Å²) in [5, 5.41) is 12.3. The van der Waals surface area contributed by atoms with Crippen LogP contribution in [0.5, 0.6) is 0 Å². The molecule has 0 aromatic heterocycles. The van der Waals surface area contributed by atoms with Crippen molar-refractivity contribution in [1.29, 1.82) is 0 Å². The molecule has 1 atom stereocenters. The Kier molecular flexibility index (Phi) is 6.67. The van der Waals surface area contributed by atoms with Gasteiger partial charge in [0.05, 0.1) is 25.9 Å². The largest absolute Gasteiger partial charge is 0.394 e. The number of ether oxygens (including phenoxy) is 1. The standard InChI is InChI=1S/C17H27N3O3/c1-3-19(16-7-5-4-6-14(16)2)9-8-18-17(22)20-10-11-23-13-15(20)12-21/h4-7,15,21H,3,8-13H2,1-2H3,(H,18,22)/t15-/m0/s1. The first-order valence-electron chi connectivity index (χ1n) is 8.21. The van der Waals surface area contributed by atoms with Crippen molar-refractivity contribution in [2.45, 2.75) is 19.9 Å². The molecule has 1 aromatic carbocycles. The molecule has 0 unspecified atom stereocenters. The topological polar surface area (TPSA) is 65.0 Å². The van der Waals surface area contributed by atoms with Gasteiger partial charge in [-0.3, -0.25) is 0 Å². The van der Waals surface area contributed by atoms with Crippen LogP contribution in [-0.4, -0.2) is 68.1 Å². The maximum Gasteiger partial charge on any atom is 0.317 e. The summed E-state index contributed by atoms with van der Waals surface area (Å²) < 4.78 is 5.29. The number of urea groups is 1. The first-order valence-corrected chi connectivity index (χ1v) is 8.21. The molecule has 1 aromatic rings. The van der Waals surface area contributed by atoms with Crippen LogP contribution in [0.3, 0.4) is 0 Å². The predicted octanol–water partition coefficient (Wildman–Crippen LogP) is 1.22. The minimum Gasteiger partial charge on any atom is -0.394 e. The van der Waals surface area contributed by atoms with Gasteiger partial charge in [-0.15, -0.1) is 0 Å². The maximum atomic E-state index is 12.3. The van der Waals surface area contributed by atoms with E-state index in [4.69, 9.17) is 4.74 Å². The first kappa shape index (κ1) is 17.6. The lowest BCUT2D eigenvalue weighted by molar-refractivity contribution is -0.00752. The summed E-state index contributed by atoms with van der Waals surface area (Å²) in [6, 6.07) is 7.88. The fourth-order valence-electron chi connectivity index (χ4n) is 2.84. The second-order valence-electron chi connectivity index (χ2n) is 5.70. The Morgan fingerprint density at radius 1 is 1.48 bits per heavy atom. The fourth-order valence-corrected chi connectivity index (χ4v) is 2.84. The minimum atomic E-state index is -0.248. The van der Waals surface area contributed by atoms with Gasteiger partial charge in [-0.05, 0) is 25.5 Å². The van der Waals surface area contributed by atoms with Crippen LogP contribution < -0.4 is 10.2 Å². The molecule has 1 aliphatic heterocycles. The number of hydrogen-bond acceptors (Lipinski definition) is 4. The van der Waals surface area contributed by atoms with Crippen molar-refractivity contribution in [1.82, 2.24) is 10.2 Å². The highest BCUT2D eigenvalue weighted by Gasteiger charge is 2.26. The van der Waals surface area contributed by atoms with Crippen LogP contribution in [0.25, 0.3) is 0 Å². The van der Waals surface area contributed by atoms with E-state index >= 15 is 0 Å². The zero-order chi connectivity index (χ0) is 16.7. The maximum absolute atomic E-state index is 12.3. The molecule has 0 radical (unpaired) electrons. The first-order chi connectivity index (χ1) is 11.2. The molecule has 0 bridgehead atoms. The molecular formula is C17H27N3O3. The summed E-state index contributed by atoms with van der Waals surface area (Å²) in [5.74, 6) is 0. The number of amides is 2. The van der Waals surface area contributed by atoms with Crippen molar-refractivity contribution in [2.24, 2.45) is 0 Å². The van der Waals surface area contributed by atoms with Crippen LogP contribution in [0.2, 0.25) is 0 Å². The van der Waals surface area contributed by atoms with Gasteiger partial charge in [0.1, 0.15) is 0 Å². The average Bonchev–Trinajstić information content (AvgIpc) is 2.59. The molecule has 0 aliphatic carbocycles. The number of morpholine rings is 1. The Bertz CT molecular complexity index is 510. The van der Waals surface area contributed by atoms with Crippen LogP contribution in [0.4, 0.5) is 10.5 Å². The molecule has 2 amide bonds. The summed E-state index contributed by atoms with van der Waals surface area (Å²) in [6.45, 7) is 7.77. The summed E-state index contributed by atoms with van der Waals surface area (Å²) in [4.78, 5) is 16.2. The van der Waals surface area contributed by atoms with Crippen molar-refractivity contribution >= 4 is 11.7 Å². The monoisotopic (exact) mass is 321 g/mol. The normalized spacial score (nSPS) is 17.9.